The van der Waals surface area contributed by atoms with Gasteiger partial charge in [-0.05, 0) is 60.0 Å². The van der Waals surface area contributed by atoms with Crippen LogP contribution < -0.4 is 5.32 Å². The number of benzene rings is 2. The van der Waals surface area contributed by atoms with Gasteiger partial charge in [0, 0.05) is 10.6 Å². The highest BCUT2D eigenvalue weighted by atomic mass is 32.2. The molecule has 6 nitrogen and oxygen atoms in total. The summed E-state index contributed by atoms with van der Waals surface area (Å²) in [5.74, 6) is 0.457. The molecular weight excluding hydrogens is 471 g/mol. The van der Waals surface area contributed by atoms with Crippen molar-refractivity contribution in [3.05, 3.63) is 94.6 Å². The first-order valence-electron chi connectivity index (χ1n) is 10.6. The van der Waals surface area contributed by atoms with Crippen molar-refractivity contribution in [3.8, 4) is 10.7 Å². The number of thiophene rings is 1. The van der Waals surface area contributed by atoms with E-state index in [1.165, 1.54) is 23.5 Å². The van der Waals surface area contributed by atoms with E-state index in [-0.39, 0.29) is 11.8 Å². The van der Waals surface area contributed by atoms with Crippen molar-refractivity contribution in [2.75, 3.05) is 6.26 Å². The minimum absolute atomic E-state index is 0.248. The molecule has 0 radical (unpaired) electrons. The van der Waals surface area contributed by atoms with E-state index < -0.39 is 6.04 Å². The number of aromatic nitrogens is 2. The molecule has 0 saturated carbocycles. The summed E-state index contributed by atoms with van der Waals surface area (Å²) in [5.41, 5.74) is 3.11. The van der Waals surface area contributed by atoms with E-state index in [4.69, 9.17) is 4.52 Å². The van der Waals surface area contributed by atoms with Gasteiger partial charge in [-0.25, -0.2) is 9.18 Å². The van der Waals surface area contributed by atoms with Crippen LogP contribution in [0.5, 0.6) is 0 Å². The van der Waals surface area contributed by atoms with E-state index in [2.05, 4.69) is 15.5 Å². The lowest BCUT2D eigenvalue weighted by molar-refractivity contribution is 0.203. The zero-order valence-corrected chi connectivity index (χ0v) is 20.1. The van der Waals surface area contributed by atoms with Gasteiger partial charge in [-0.15, -0.1) is 23.1 Å². The molecule has 2 aromatic heterocycles. The summed E-state index contributed by atoms with van der Waals surface area (Å²) in [6.07, 6.45) is 2.02. The van der Waals surface area contributed by atoms with Gasteiger partial charge in [0.05, 0.1) is 23.0 Å². The maximum absolute atomic E-state index is 13.6. The number of rotatable bonds is 6. The third-order valence-electron chi connectivity index (χ3n) is 5.70. The van der Waals surface area contributed by atoms with Crippen LogP contribution in [0.3, 0.4) is 0 Å². The summed E-state index contributed by atoms with van der Waals surface area (Å²) in [7, 11) is 0. The Morgan fingerprint density at radius 1 is 1.15 bits per heavy atom. The zero-order chi connectivity index (χ0) is 23.7. The van der Waals surface area contributed by atoms with Crippen LogP contribution in [0.2, 0.25) is 0 Å². The second-order valence-corrected chi connectivity index (χ2v) is 9.60. The fourth-order valence-corrected chi connectivity index (χ4v) is 4.96. The number of urea groups is 1. The standard InChI is InChI=1S/C25H21FN4O2S2/c1-15-21(24-28-23(29-32-24)20-4-3-13-34-20)22(17-7-9-18(26)10-8-17)27-25(31)30(15)14-16-5-11-19(33-2)12-6-16/h3-13,22H,14H2,1-2H3,(H,27,31). The largest absolute Gasteiger partial charge is 0.334 e. The quantitative estimate of drug-likeness (QED) is 0.317. The normalized spacial score (nSPS) is 16.1. The van der Waals surface area contributed by atoms with Crippen LogP contribution in [-0.4, -0.2) is 27.3 Å². The van der Waals surface area contributed by atoms with Gasteiger partial charge in [0.1, 0.15) is 5.82 Å². The Morgan fingerprint density at radius 3 is 2.59 bits per heavy atom. The average molecular weight is 493 g/mol. The molecule has 9 heteroatoms. The maximum atomic E-state index is 13.6. The van der Waals surface area contributed by atoms with Gasteiger partial charge in [-0.2, -0.15) is 4.98 Å². The van der Waals surface area contributed by atoms with Crippen molar-refractivity contribution in [3.63, 3.8) is 0 Å². The number of allylic oxidation sites excluding steroid dienone is 1. The molecule has 0 aliphatic carbocycles. The minimum atomic E-state index is -0.556. The Morgan fingerprint density at radius 2 is 1.91 bits per heavy atom. The summed E-state index contributed by atoms with van der Waals surface area (Å²) in [5, 5.41) is 9.15. The molecule has 1 aliphatic heterocycles. The molecule has 4 aromatic rings. The minimum Gasteiger partial charge on any atom is -0.334 e. The van der Waals surface area contributed by atoms with Crippen LogP contribution in [0.1, 0.15) is 30.0 Å². The molecule has 1 atom stereocenters. The lowest BCUT2D eigenvalue weighted by Crippen LogP contribution is -2.45. The molecule has 0 spiro atoms. The molecular formula is C25H21FN4O2S2. The second kappa shape index (κ2) is 9.44. The molecule has 5 rings (SSSR count). The van der Waals surface area contributed by atoms with Gasteiger partial charge in [0.25, 0.3) is 5.89 Å². The highest BCUT2D eigenvalue weighted by molar-refractivity contribution is 7.98. The van der Waals surface area contributed by atoms with Crippen molar-refractivity contribution in [2.45, 2.75) is 24.4 Å². The number of nitrogens with zero attached hydrogens (tertiary/aromatic N) is 3. The fourth-order valence-electron chi connectivity index (χ4n) is 3.91. The number of carbonyl (C=O) groups excluding carboxylic acids is 1. The van der Waals surface area contributed by atoms with Crippen LogP contribution in [0.15, 0.2) is 81.2 Å². The first kappa shape index (κ1) is 22.4. The van der Waals surface area contributed by atoms with Crippen LogP contribution in [0.4, 0.5) is 9.18 Å². The number of carbonyl (C=O) groups is 1. The molecule has 0 bridgehead atoms. The van der Waals surface area contributed by atoms with Crippen LogP contribution >= 0.6 is 23.1 Å². The van der Waals surface area contributed by atoms with E-state index >= 15 is 0 Å². The molecule has 1 aliphatic rings. The first-order valence-corrected chi connectivity index (χ1v) is 12.7. The maximum Gasteiger partial charge on any atom is 0.322 e. The molecule has 34 heavy (non-hydrogen) atoms. The van der Waals surface area contributed by atoms with Gasteiger partial charge in [-0.1, -0.05) is 35.5 Å². The lowest BCUT2D eigenvalue weighted by atomic mass is 9.94. The van der Waals surface area contributed by atoms with Crippen molar-refractivity contribution in [1.29, 1.82) is 0 Å². The summed E-state index contributed by atoms with van der Waals surface area (Å²) >= 11 is 3.18. The molecule has 2 aromatic carbocycles. The van der Waals surface area contributed by atoms with E-state index in [0.29, 0.717) is 29.5 Å². The number of amides is 2. The summed E-state index contributed by atoms with van der Waals surface area (Å²) in [6, 6.07) is 17.2. The Balaban J connectivity index is 1.57. The Kier molecular flexibility index (Phi) is 6.21. The average Bonchev–Trinajstić information content (AvgIpc) is 3.55. The van der Waals surface area contributed by atoms with E-state index in [0.717, 1.165) is 20.9 Å². The van der Waals surface area contributed by atoms with E-state index in [1.807, 2.05) is 55.0 Å². The molecule has 1 N–H and O–H groups in total. The first-order chi connectivity index (χ1) is 16.5. The predicted octanol–water partition coefficient (Wildman–Crippen LogP) is 6.36. The summed E-state index contributed by atoms with van der Waals surface area (Å²) < 4.78 is 19.3. The third kappa shape index (κ3) is 4.36. The number of halogens is 1. The Hall–Kier alpha value is -3.43. The van der Waals surface area contributed by atoms with E-state index in [1.54, 1.807) is 28.8 Å². The predicted molar refractivity (Wildman–Crippen MR) is 132 cm³/mol. The second-order valence-electron chi connectivity index (χ2n) is 7.77. The molecule has 2 amide bonds. The molecule has 0 saturated heterocycles. The van der Waals surface area contributed by atoms with Crippen LogP contribution in [0, 0.1) is 5.82 Å². The lowest BCUT2D eigenvalue weighted by Gasteiger charge is -2.35. The molecule has 172 valence electrons. The van der Waals surface area contributed by atoms with Crippen molar-refractivity contribution >= 4 is 34.7 Å². The Bertz CT molecular complexity index is 1330. The third-order valence-corrected chi connectivity index (χ3v) is 7.31. The fraction of sp³-hybridized carbons (Fsp3) is 0.160. The number of hydrogen-bond donors (Lipinski definition) is 1. The van der Waals surface area contributed by atoms with E-state index in [9.17, 15) is 9.18 Å². The van der Waals surface area contributed by atoms with Gasteiger partial charge in [-0.3, -0.25) is 4.90 Å². The van der Waals surface area contributed by atoms with Crippen molar-refractivity contribution < 1.29 is 13.7 Å². The zero-order valence-electron chi connectivity index (χ0n) is 18.5. The summed E-state index contributed by atoms with van der Waals surface area (Å²) in [4.78, 5) is 21.5. The summed E-state index contributed by atoms with van der Waals surface area (Å²) in [6.45, 7) is 2.26. The van der Waals surface area contributed by atoms with Crippen LogP contribution in [0.25, 0.3) is 16.3 Å². The molecule has 1 unspecified atom stereocenters. The smallest absolute Gasteiger partial charge is 0.322 e. The topological polar surface area (TPSA) is 71.3 Å². The van der Waals surface area contributed by atoms with Gasteiger partial charge >= 0.3 is 6.03 Å². The Labute approximate surface area is 204 Å². The molecule has 3 heterocycles. The van der Waals surface area contributed by atoms with Gasteiger partial charge in [0.2, 0.25) is 5.82 Å². The highest BCUT2D eigenvalue weighted by Gasteiger charge is 2.35. The number of hydrogen-bond acceptors (Lipinski definition) is 6. The SMILES string of the molecule is CSc1ccc(CN2C(=O)NC(c3ccc(F)cc3)C(c3nc(-c4cccs4)no3)=C2C)cc1. The van der Waals surface area contributed by atoms with Gasteiger partial charge in [0.15, 0.2) is 0 Å². The van der Waals surface area contributed by atoms with Crippen molar-refractivity contribution in [1.82, 2.24) is 20.4 Å². The van der Waals surface area contributed by atoms with Crippen molar-refractivity contribution in [2.24, 2.45) is 0 Å². The van der Waals surface area contributed by atoms with Gasteiger partial charge < -0.3 is 9.84 Å². The number of nitrogens with one attached hydrogen (secondary N) is 1. The number of thioether (sulfide) groups is 1. The highest BCUT2D eigenvalue weighted by Crippen LogP contribution is 2.38. The monoisotopic (exact) mass is 492 g/mol. The van der Waals surface area contributed by atoms with Crippen LogP contribution in [-0.2, 0) is 6.54 Å². The molecule has 0 fully saturated rings.